The van der Waals surface area contributed by atoms with Crippen molar-refractivity contribution in [3.8, 4) is 11.8 Å². The van der Waals surface area contributed by atoms with E-state index < -0.39 is 62.9 Å². The zero-order valence-corrected chi connectivity index (χ0v) is 26.4. The van der Waals surface area contributed by atoms with Gasteiger partial charge in [0.25, 0.3) is 0 Å². The van der Waals surface area contributed by atoms with Crippen molar-refractivity contribution in [2.45, 2.75) is 103 Å². The molecule has 2 saturated carbocycles. The van der Waals surface area contributed by atoms with E-state index in [1.165, 1.54) is 19.1 Å². The molecule has 236 valence electrons. The van der Waals surface area contributed by atoms with Crippen molar-refractivity contribution < 1.29 is 42.5 Å². The molecule has 0 saturated heterocycles. The third-order valence-electron chi connectivity index (χ3n) is 10.5. The third kappa shape index (κ3) is 5.28. The molecule has 4 aliphatic carbocycles. The van der Waals surface area contributed by atoms with Crippen LogP contribution in [0.3, 0.4) is 0 Å². The number of ether oxygens (including phenoxy) is 2. The number of unbranched alkanes of at least 4 members (excludes halogenated alkanes) is 1. The van der Waals surface area contributed by atoms with Crippen molar-refractivity contribution in [1.29, 1.82) is 0 Å². The zero-order valence-electron chi connectivity index (χ0n) is 25.6. The first-order valence-corrected chi connectivity index (χ1v) is 16.2. The maximum absolute atomic E-state index is 17.5. The van der Waals surface area contributed by atoms with Gasteiger partial charge in [0, 0.05) is 48.3 Å². The second kappa shape index (κ2) is 12.5. The van der Waals surface area contributed by atoms with E-state index in [2.05, 4.69) is 11.8 Å². The Labute approximate surface area is 256 Å². The SMILES string of the molecule is CCCCC(=O)OCC#CCSC(=O)[C@@]1(OC(=O)CC)[C@H](C)CC2C3CC(F)=C4CC(=O)C=C[C@]4(C)[C@@]3(F)[C@@H](O)C[C@@]21C. The molecule has 4 aliphatic rings. The van der Waals surface area contributed by atoms with Crippen LogP contribution >= 0.6 is 11.8 Å². The second-order valence-corrected chi connectivity index (χ2v) is 13.7. The topological polar surface area (TPSA) is 107 Å². The number of hydrogen-bond acceptors (Lipinski definition) is 8. The molecule has 2 unspecified atom stereocenters. The Morgan fingerprint density at radius 3 is 2.56 bits per heavy atom. The van der Waals surface area contributed by atoms with Crippen LogP contribution in [0.25, 0.3) is 0 Å². The van der Waals surface area contributed by atoms with Gasteiger partial charge >= 0.3 is 11.9 Å². The second-order valence-electron chi connectivity index (χ2n) is 12.8. The van der Waals surface area contributed by atoms with Crippen molar-refractivity contribution in [1.82, 2.24) is 0 Å². The predicted octanol–water partition coefficient (Wildman–Crippen LogP) is 5.59. The summed E-state index contributed by atoms with van der Waals surface area (Å²) in [6, 6.07) is 0. The van der Waals surface area contributed by atoms with E-state index in [9.17, 15) is 24.3 Å². The van der Waals surface area contributed by atoms with Crippen molar-refractivity contribution in [3.63, 3.8) is 0 Å². The van der Waals surface area contributed by atoms with E-state index in [1.54, 1.807) is 20.8 Å². The molecule has 0 aliphatic heterocycles. The van der Waals surface area contributed by atoms with Gasteiger partial charge < -0.3 is 14.6 Å². The number of ketones is 1. The Morgan fingerprint density at radius 1 is 1.16 bits per heavy atom. The minimum Gasteiger partial charge on any atom is -0.452 e. The number of fused-ring (bicyclic) bond motifs is 5. The lowest BCUT2D eigenvalue weighted by molar-refractivity contribution is -0.223. The van der Waals surface area contributed by atoms with Gasteiger partial charge in [-0.2, -0.15) is 0 Å². The Balaban J connectivity index is 1.65. The molecule has 7 nitrogen and oxygen atoms in total. The summed E-state index contributed by atoms with van der Waals surface area (Å²) in [6.07, 6.45) is 2.49. The summed E-state index contributed by atoms with van der Waals surface area (Å²) in [5, 5.41) is 11.2. The van der Waals surface area contributed by atoms with Crippen LogP contribution in [0.5, 0.6) is 0 Å². The molecule has 0 spiro atoms. The summed E-state index contributed by atoms with van der Waals surface area (Å²) in [6.45, 7) is 8.54. The van der Waals surface area contributed by atoms with Gasteiger partial charge in [0.2, 0.25) is 5.12 Å². The van der Waals surface area contributed by atoms with Gasteiger partial charge in [0.15, 0.2) is 23.7 Å². The standard InChI is InChI=1S/C33H42F2O7S/c1-6-8-11-28(39)41-14-9-10-15-43-29(40)33(42-27(38)7-2)20(3)16-22-23-18-25(34)24-17-21(36)12-13-30(24,4)32(23,35)26(37)19-31(22,33)5/h12-13,20,22-23,26,37H,6-8,11,14-19H2,1-5H3/t20-,22?,23?,26+,30+,31+,32+,33+/m1/s1. The Kier molecular flexibility index (Phi) is 9.68. The molecule has 1 N–H and O–H groups in total. The molecular weight excluding hydrogens is 578 g/mol. The summed E-state index contributed by atoms with van der Waals surface area (Å²) >= 11 is 0.866. The lowest BCUT2D eigenvalue weighted by Crippen LogP contribution is -2.69. The van der Waals surface area contributed by atoms with E-state index in [4.69, 9.17) is 9.47 Å². The van der Waals surface area contributed by atoms with Crippen LogP contribution < -0.4 is 0 Å². The summed E-state index contributed by atoms with van der Waals surface area (Å²) in [5.74, 6) is 1.60. The van der Waals surface area contributed by atoms with Gasteiger partial charge in [0.1, 0.15) is 5.83 Å². The highest BCUT2D eigenvalue weighted by Gasteiger charge is 2.77. The first-order valence-electron chi connectivity index (χ1n) is 15.2. The molecule has 2 fully saturated rings. The quantitative estimate of drug-likeness (QED) is 0.277. The zero-order chi connectivity index (χ0) is 31.8. The molecule has 43 heavy (non-hydrogen) atoms. The van der Waals surface area contributed by atoms with E-state index >= 15 is 8.78 Å². The Hall–Kier alpha value is -2.51. The van der Waals surface area contributed by atoms with Gasteiger partial charge in [-0.05, 0) is 43.8 Å². The van der Waals surface area contributed by atoms with Crippen molar-refractivity contribution >= 4 is 34.6 Å². The molecule has 0 amide bonds. The summed E-state index contributed by atoms with van der Waals surface area (Å²) < 4.78 is 44.4. The number of hydrogen-bond donors (Lipinski definition) is 1. The minimum atomic E-state index is -2.29. The number of rotatable bonds is 8. The summed E-state index contributed by atoms with van der Waals surface area (Å²) in [5.41, 5.74) is -6.66. The van der Waals surface area contributed by atoms with Crippen LogP contribution in [-0.2, 0) is 28.7 Å². The number of esters is 2. The van der Waals surface area contributed by atoms with E-state index in [0.717, 1.165) is 24.6 Å². The smallest absolute Gasteiger partial charge is 0.306 e. The highest BCUT2D eigenvalue weighted by Crippen LogP contribution is 2.72. The van der Waals surface area contributed by atoms with E-state index in [1.807, 2.05) is 6.92 Å². The average Bonchev–Trinajstić information content (AvgIpc) is 3.18. The predicted molar refractivity (Wildman–Crippen MR) is 158 cm³/mol. The fraction of sp³-hybridized carbons (Fsp3) is 0.697. The van der Waals surface area contributed by atoms with E-state index in [0.29, 0.717) is 6.42 Å². The first kappa shape index (κ1) is 33.4. The lowest BCUT2D eigenvalue weighted by Gasteiger charge is -2.62. The van der Waals surface area contributed by atoms with Crippen LogP contribution in [0.1, 0.15) is 86.0 Å². The number of halogens is 2. The number of carbonyl (C=O) groups is 4. The number of alkyl halides is 1. The molecule has 4 rings (SSSR count). The molecule has 0 radical (unpaired) electrons. The normalized spacial score (nSPS) is 37.9. The van der Waals surface area contributed by atoms with Crippen molar-refractivity contribution in [2.75, 3.05) is 12.4 Å². The van der Waals surface area contributed by atoms with Gasteiger partial charge in [-0.15, -0.1) is 0 Å². The molecule has 0 aromatic carbocycles. The number of aliphatic hydroxyl groups is 1. The van der Waals surface area contributed by atoms with Crippen LogP contribution in [0.2, 0.25) is 0 Å². The minimum absolute atomic E-state index is 0.00696. The molecule has 0 aromatic rings. The molecule has 8 atom stereocenters. The number of carbonyl (C=O) groups excluding carboxylic acids is 4. The van der Waals surface area contributed by atoms with Gasteiger partial charge in [-0.3, -0.25) is 19.2 Å². The van der Waals surface area contributed by atoms with Crippen LogP contribution in [0.15, 0.2) is 23.6 Å². The lowest BCUT2D eigenvalue weighted by atomic mass is 9.45. The summed E-state index contributed by atoms with van der Waals surface area (Å²) in [7, 11) is 0. The molecule has 10 heteroatoms. The van der Waals surface area contributed by atoms with Crippen LogP contribution in [0.4, 0.5) is 8.78 Å². The number of aliphatic hydroxyl groups excluding tert-OH is 1. The molecular formula is C33H42F2O7S. The van der Waals surface area contributed by atoms with E-state index in [-0.39, 0.29) is 61.8 Å². The molecule has 0 aromatic heterocycles. The largest absolute Gasteiger partial charge is 0.452 e. The average molecular weight is 621 g/mol. The number of allylic oxidation sites excluding steroid dienone is 4. The maximum atomic E-state index is 17.5. The third-order valence-corrected chi connectivity index (χ3v) is 11.4. The monoisotopic (exact) mass is 620 g/mol. The van der Waals surface area contributed by atoms with Gasteiger partial charge in [-0.25, -0.2) is 8.78 Å². The highest BCUT2D eigenvalue weighted by molar-refractivity contribution is 8.14. The summed E-state index contributed by atoms with van der Waals surface area (Å²) in [4.78, 5) is 50.8. The Morgan fingerprint density at radius 2 is 1.88 bits per heavy atom. The van der Waals surface area contributed by atoms with Crippen molar-refractivity contribution in [2.24, 2.45) is 28.6 Å². The molecule has 0 bridgehead atoms. The maximum Gasteiger partial charge on any atom is 0.306 e. The first-order chi connectivity index (χ1) is 20.2. The molecule has 0 heterocycles. The van der Waals surface area contributed by atoms with Crippen LogP contribution in [-0.4, -0.2) is 57.7 Å². The Bertz CT molecular complexity index is 1300. The van der Waals surface area contributed by atoms with Crippen molar-refractivity contribution in [3.05, 3.63) is 23.6 Å². The fourth-order valence-electron chi connectivity index (χ4n) is 8.26. The number of thioether (sulfide) groups is 1. The van der Waals surface area contributed by atoms with Gasteiger partial charge in [-0.1, -0.05) is 63.8 Å². The fourth-order valence-corrected chi connectivity index (χ4v) is 9.26. The van der Waals surface area contributed by atoms with Crippen LogP contribution in [0, 0.1) is 40.4 Å². The van der Waals surface area contributed by atoms with Gasteiger partial charge in [0.05, 0.1) is 11.9 Å². The highest BCUT2D eigenvalue weighted by atomic mass is 32.2.